The summed E-state index contributed by atoms with van der Waals surface area (Å²) in [5.74, 6) is 2.11. The monoisotopic (exact) mass is 285 g/mol. The lowest BCUT2D eigenvalue weighted by molar-refractivity contribution is 0.356. The van der Waals surface area contributed by atoms with Gasteiger partial charge in [-0.25, -0.2) is 0 Å². The van der Waals surface area contributed by atoms with Gasteiger partial charge in [0, 0.05) is 12.3 Å². The molecule has 5 heteroatoms. The maximum Gasteiger partial charge on any atom is 0.233 e. The van der Waals surface area contributed by atoms with Gasteiger partial charge in [0.15, 0.2) is 0 Å². The molecular weight excluding hydrogens is 266 g/mol. The molecule has 0 aliphatic carbocycles. The summed E-state index contributed by atoms with van der Waals surface area (Å²) in [6, 6.07) is 8.10. The fourth-order valence-electron chi connectivity index (χ4n) is 2.62. The molecule has 2 aromatic heterocycles. The molecule has 0 radical (unpaired) electrons. The van der Waals surface area contributed by atoms with Crippen LogP contribution in [0.1, 0.15) is 49.0 Å². The van der Waals surface area contributed by atoms with Crippen molar-refractivity contribution in [3.05, 3.63) is 47.4 Å². The van der Waals surface area contributed by atoms with Gasteiger partial charge >= 0.3 is 0 Å². The standard InChI is InChI=1S/C16H19N3O2/c1-9-13-7-5-6-8-14(13)21-15(9)10(2)17-11(3)16-19-18-12(4)20-16/h5-8,10-11,17H,1-4H3/t10-,11+/m0/s1. The van der Waals surface area contributed by atoms with Crippen LogP contribution in [0.3, 0.4) is 0 Å². The van der Waals surface area contributed by atoms with E-state index in [1.807, 2.05) is 25.1 Å². The minimum Gasteiger partial charge on any atom is -0.459 e. The highest BCUT2D eigenvalue weighted by molar-refractivity contribution is 5.82. The molecule has 0 fully saturated rings. The predicted molar refractivity (Wildman–Crippen MR) is 80.0 cm³/mol. The van der Waals surface area contributed by atoms with E-state index < -0.39 is 0 Å². The SMILES string of the molecule is Cc1nnc([C@@H](C)N[C@@H](C)c2oc3ccccc3c2C)o1. The molecule has 0 saturated heterocycles. The first kappa shape index (κ1) is 13.8. The number of hydrogen-bond acceptors (Lipinski definition) is 5. The first-order valence-electron chi connectivity index (χ1n) is 7.10. The lowest BCUT2D eigenvalue weighted by Crippen LogP contribution is -2.22. The van der Waals surface area contributed by atoms with Gasteiger partial charge in [-0.15, -0.1) is 10.2 Å². The van der Waals surface area contributed by atoms with E-state index >= 15 is 0 Å². The number of rotatable bonds is 4. The Hall–Kier alpha value is -2.14. The Kier molecular flexibility index (Phi) is 3.51. The molecule has 0 unspecified atom stereocenters. The van der Waals surface area contributed by atoms with Gasteiger partial charge in [-0.3, -0.25) is 5.32 Å². The molecule has 3 aromatic rings. The normalized spacial score (nSPS) is 14.5. The van der Waals surface area contributed by atoms with Crippen LogP contribution < -0.4 is 5.32 Å². The fraction of sp³-hybridized carbons (Fsp3) is 0.375. The van der Waals surface area contributed by atoms with E-state index in [1.165, 1.54) is 5.56 Å². The summed E-state index contributed by atoms with van der Waals surface area (Å²) in [5, 5.41) is 12.5. The number of hydrogen-bond donors (Lipinski definition) is 1. The van der Waals surface area contributed by atoms with Crippen LogP contribution in [0.5, 0.6) is 0 Å². The van der Waals surface area contributed by atoms with Gasteiger partial charge in [-0.05, 0) is 32.4 Å². The average molecular weight is 285 g/mol. The molecule has 1 aromatic carbocycles. The molecule has 0 amide bonds. The van der Waals surface area contributed by atoms with Gasteiger partial charge in [0.25, 0.3) is 0 Å². The molecule has 110 valence electrons. The second-order valence-electron chi connectivity index (χ2n) is 5.36. The number of benzene rings is 1. The summed E-state index contributed by atoms with van der Waals surface area (Å²) >= 11 is 0. The topological polar surface area (TPSA) is 64.1 Å². The summed E-state index contributed by atoms with van der Waals surface area (Å²) in [6.07, 6.45) is 0. The molecular formula is C16H19N3O2. The minimum absolute atomic E-state index is 0.0335. The highest BCUT2D eigenvalue weighted by Gasteiger charge is 2.20. The average Bonchev–Trinajstić information content (AvgIpc) is 3.04. The molecule has 0 aliphatic heterocycles. The van der Waals surface area contributed by atoms with E-state index in [0.717, 1.165) is 16.7 Å². The first-order valence-corrected chi connectivity index (χ1v) is 7.10. The van der Waals surface area contributed by atoms with E-state index in [9.17, 15) is 0 Å². The van der Waals surface area contributed by atoms with Crippen LogP contribution in [0.15, 0.2) is 33.1 Å². The maximum atomic E-state index is 5.97. The van der Waals surface area contributed by atoms with E-state index in [1.54, 1.807) is 6.92 Å². The predicted octanol–water partition coefficient (Wildman–Crippen LogP) is 3.84. The Morgan fingerprint density at radius 3 is 2.43 bits per heavy atom. The second-order valence-corrected chi connectivity index (χ2v) is 5.36. The van der Waals surface area contributed by atoms with Crippen molar-refractivity contribution in [2.75, 3.05) is 0 Å². The minimum atomic E-state index is -0.0335. The van der Waals surface area contributed by atoms with Crippen molar-refractivity contribution in [3.63, 3.8) is 0 Å². The zero-order valence-electron chi connectivity index (χ0n) is 12.7. The number of nitrogens with zero attached hydrogens (tertiary/aromatic N) is 2. The highest BCUT2D eigenvalue weighted by atomic mass is 16.4. The molecule has 0 spiro atoms. The van der Waals surface area contributed by atoms with E-state index in [2.05, 4.69) is 35.4 Å². The zero-order chi connectivity index (χ0) is 15.0. The molecule has 3 rings (SSSR count). The van der Waals surface area contributed by atoms with Crippen LogP contribution in [0.2, 0.25) is 0 Å². The number of aromatic nitrogens is 2. The van der Waals surface area contributed by atoms with Gasteiger partial charge in [0.1, 0.15) is 11.3 Å². The third-order valence-corrected chi connectivity index (χ3v) is 3.69. The number of fused-ring (bicyclic) bond motifs is 1. The summed E-state index contributed by atoms with van der Waals surface area (Å²) in [4.78, 5) is 0. The Labute approximate surface area is 123 Å². The van der Waals surface area contributed by atoms with Crippen molar-refractivity contribution < 1.29 is 8.83 Å². The van der Waals surface area contributed by atoms with Crippen molar-refractivity contribution in [1.82, 2.24) is 15.5 Å². The van der Waals surface area contributed by atoms with Crippen molar-refractivity contribution >= 4 is 11.0 Å². The molecule has 0 bridgehead atoms. The van der Waals surface area contributed by atoms with Crippen molar-refractivity contribution in [3.8, 4) is 0 Å². The maximum absolute atomic E-state index is 5.97. The molecule has 1 N–H and O–H groups in total. The smallest absolute Gasteiger partial charge is 0.233 e. The Bertz CT molecular complexity index is 760. The second kappa shape index (κ2) is 5.33. The summed E-state index contributed by atoms with van der Waals surface area (Å²) in [6.45, 7) is 7.95. The zero-order valence-corrected chi connectivity index (χ0v) is 12.7. The largest absolute Gasteiger partial charge is 0.459 e. The molecule has 5 nitrogen and oxygen atoms in total. The van der Waals surface area contributed by atoms with Crippen LogP contribution in [0, 0.1) is 13.8 Å². The van der Waals surface area contributed by atoms with Gasteiger partial charge < -0.3 is 8.83 Å². The van der Waals surface area contributed by atoms with Crippen LogP contribution in [-0.2, 0) is 0 Å². The molecule has 0 saturated carbocycles. The summed E-state index contributed by atoms with van der Waals surface area (Å²) in [7, 11) is 0. The summed E-state index contributed by atoms with van der Waals surface area (Å²) in [5.41, 5.74) is 2.08. The van der Waals surface area contributed by atoms with Crippen molar-refractivity contribution in [2.45, 2.75) is 39.8 Å². The number of nitrogens with one attached hydrogen (secondary N) is 1. The third kappa shape index (κ3) is 2.56. The molecule has 2 atom stereocenters. The van der Waals surface area contributed by atoms with E-state index in [4.69, 9.17) is 8.83 Å². The van der Waals surface area contributed by atoms with Crippen molar-refractivity contribution in [2.24, 2.45) is 0 Å². The molecule has 0 aliphatic rings. The van der Waals surface area contributed by atoms with Gasteiger partial charge in [-0.1, -0.05) is 18.2 Å². The van der Waals surface area contributed by atoms with Gasteiger partial charge in [0.05, 0.1) is 12.1 Å². The number of aryl methyl sites for hydroxylation is 2. The van der Waals surface area contributed by atoms with Crippen LogP contribution in [-0.4, -0.2) is 10.2 Å². The quantitative estimate of drug-likeness (QED) is 0.789. The Balaban J connectivity index is 1.83. The Morgan fingerprint density at radius 2 is 1.76 bits per heavy atom. The van der Waals surface area contributed by atoms with E-state index in [-0.39, 0.29) is 12.1 Å². The van der Waals surface area contributed by atoms with Crippen LogP contribution >= 0.6 is 0 Å². The number of para-hydroxylation sites is 1. The number of furan rings is 1. The van der Waals surface area contributed by atoms with Crippen LogP contribution in [0.25, 0.3) is 11.0 Å². The van der Waals surface area contributed by atoms with Gasteiger partial charge in [-0.2, -0.15) is 0 Å². The van der Waals surface area contributed by atoms with Crippen molar-refractivity contribution in [1.29, 1.82) is 0 Å². The Morgan fingerprint density at radius 1 is 1.00 bits per heavy atom. The highest BCUT2D eigenvalue weighted by Crippen LogP contribution is 2.30. The lowest BCUT2D eigenvalue weighted by atomic mass is 10.1. The third-order valence-electron chi connectivity index (χ3n) is 3.69. The molecule has 2 heterocycles. The van der Waals surface area contributed by atoms with Crippen LogP contribution in [0.4, 0.5) is 0 Å². The molecule has 21 heavy (non-hydrogen) atoms. The fourth-order valence-corrected chi connectivity index (χ4v) is 2.62. The first-order chi connectivity index (χ1) is 10.1. The lowest BCUT2D eigenvalue weighted by Gasteiger charge is -2.16. The van der Waals surface area contributed by atoms with Gasteiger partial charge in [0.2, 0.25) is 11.8 Å². The van der Waals surface area contributed by atoms with E-state index in [0.29, 0.717) is 11.8 Å². The summed E-state index contributed by atoms with van der Waals surface area (Å²) < 4.78 is 11.4.